The number of nitrogens with zero attached hydrogens (tertiary/aromatic N) is 1. The van der Waals surface area contributed by atoms with Gasteiger partial charge in [0.2, 0.25) is 0 Å². The fraction of sp³-hybridized carbons (Fsp3) is 0.556. The summed E-state index contributed by atoms with van der Waals surface area (Å²) in [6.45, 7) is 1.98. The second-order valence-corrected chi connectivity index (χ2v) is 2.81. The summed E-state index contributed by atoms with van der Waals surface area (Å²) in [5.41, 5.74) is 0.345. The molecule has 1 aromatic rings. The van der Waals surface area contributed by atoms with Crippen molar-refractivity contribution in [2.75, 3.05) is 14.2 Å². The quantitative estimate of drug-likeness (QED) is 0.740. The number of hydrogen-bond acceptors (Lipinski definition) is 4. The number of nitrogens with one attached hydrogen (secondary N) is 1. The van der Waals surface area contributed by atoms with E-state index in [1.165, 1.54) is 13.3 Å². The summed E-state index contributed by atoms with van der Waals surface area (Å²) >= 11 is 0. The number of carbonyl (C=O) groups is 1. The van der Waals surface area contributed by atoms with E-state index in [1.807, 2.05) is 6.92 Å². The summed E-state index contributed by atoms with van der Waals surface area (Å²) in [5.74, 6) is 0.227. The lowest BCUT2D eigenvalue weighted by molar-refractivity contribution is 0.0592. The Morgan fingerprint density at radius 3 is 2.86 bits per heavy atom. The van der Waals surface area contributed by atoms with Crippen LogP contribution in [0.5, 0.6) is 0 Å². The molecule has 0 saturated heterocycles. The highest BCUT2D eigenvalue weighted by molar-refractivity contribution is 5.86. The van der Waals surface area contributed by atoms with Crippen molar-refractivity contribution in [1.29, 1.82) is 0 Å². The number of aromatic nitrogens is 2. The maximum Gasteiger partial charge on any atom is 0.356 e. The molecule has 0 saturated carbocycles. The lowest BCUT2D eigenvalue weighted by Gasteiger charge is -2.08. The number of ether oxygens (including phenoxy) is 2. The maximum atomic E-state index is 11.1. The van der Waals surface area contributed by atoms with Gasteiger partial charge in [-0.1, -0.05) is 6.92 Å². The predicted molar refractivity (Wildman–Crippen MR) is 50.0 cm³/mol. The van der Waals surface area contributed by atoms with Crippen LogP contribution >= 0.6 is 0 Å². The molecule has 0 spiro atoms. The zero-order valence-corrected chi connectivity index (χ0v) is 8.53. The fourth-order valence-electron chi connectivity index (χ4n) is 1.19. The molecule has 0 aromatic carbocycles. The summed E-state index contributed by atoms with van der Waals surface area (Å²) in [6, 6.07) is 0. The molecule has 5 nitrogen and oxygen atoms in total. The van der Waals surface area contributed by atoms with Crippen LogP contribution in [-0.4, -0.2) is 30.2 Å². The molecule has 5 heteroatoms. The minimum Gasteiger partial charge on any atom is -0.464 e. The summed E-state index contributed by atoms with van der Waals surface area (Å²) in [4.78, 5) is 18.0. The summed E-state index contributed by atoms with van der Waals surface area (Å²) in [5, 5.41) is 0. The largest absolute Gasteiger partial charge is 0.464 e. The van der Waals surface area contributed by atoms with Gasteiger partial charge in [0, 0.05) is 7.11 Å². The molecule has 1 atom stereocenters. The third-order valence-electron chi connectivity index (χ3n) is 1.96. The molecule has 0 aliphatic rings. The normalized spacial score (nSPS) is 12.5. The van der Waals surface area contributed by atoms with Gasteiger partial charge in [0.25, 0.3) is 0 Å². The molecule has 0 amide bonds. The average Bonchev–Trinajstić information content (AvgIpc) is 2.68. The number of imidazole rings is 1. The van der Waals surface area contributed by atoms with Gasteiger partial charge in [-0.25, -0.2) is 9.78 Å². The Morgan fingerprint density at radius 2 is 2.36 bits per heavy atom. The van der Waals surface area contributed by atoms with Crippen LogP contribution < -0.4 is 0 Å². The van der Waals surface area contributed by atoms with Crippen LogP contribution in [0.3, 0.4) is 0 Å². The van der Waals surface area contributed by atoms with E-state index in [-0.39, 0.29) is 6.10 Å². The molecule has 14 heavy (non-hydrogen) atoms. The zero-order chi connectivity index (χ0) is 10.6. The van der Waals surface area contributed by atoms with E-state index in [0.717, 1.165) is 6.42 Å². The van der Waals surface area contributed by atoms with Gasteiger partial charge in [-0.2, -0.15) is 0 Å². The number of carbonyl (C=O) groups excluding carboxylic acids is 1. The van der Waals surface area contributed by atoms with E-state index in [4.69, 9.17) is 4.74 Å². The Kier molecular flexibility index (Phi) is 3.64. The van der Waals surface area contributed by atoms with Crippen LogP contribution in [0.1, 0.15) is 35.8 Å². The Bertz CT molecular complexity index is 305. The van der Waals surface area contributed by atoms with Crippen LogP contribution in [0.25, 0.3) is 0 Å². The molecule has 0 aliphatic heterocycles. The van der Waals surface area contributed by atoms with Crippen LogP contribution in [0.2, 0.25) is 0 Å². The Hall–Kier alpha value is -1.36. The second kappa shape index (κ2) is 4.76. The molecule has 0 radical (unpaired) electrons. The first-order chi connectivity index (χ1) is 6.72. The van der Waals surface area contributed by atoms with Crippen molar-refractivity contribution < 1.29 is 14.3 Å². The number of methoxy groups -OCH3 is 2. The van der Waals surface area contributed by atoms with Gasteiger partial charge in [-0.15, -0.1) is 0 Å². The molecule has 78 valence electrons. The van der Waals surface area contributed by atoms with Crippen LogP contribution in [0.4, 0.5) is 0 Å². The first-order valence-corrected chi connectivity index (χ1v) is 4.38. The SMILES string of the molecule is CCC(OC)c1ncc(C(=O)OC)[nH]1. The molecule has 1 unspecified atom stereocenters. The van der Waals surface area contributed by atoms with E-state index in [9.17, 15) is 4.79 Å². The molecular weight excluding hydrogens is 184 g/mol. The maximum absolute atomic E-state index is 11.1. The van der Waals surface area contributed by atoms with Crippen LogP contribution in [-0.2, 0) is 9.47 Å². The van der Waals surface area contributed by atoms with Crippen molar-refractivity contribution in [2.45, 2.75) is 19.4 Å². The van der Waals surface area contributed by atoms with Crippen LogP contribution in [0, 0.1) is 0 Å². The minimum absolute atomic E-state index is 0.103. The molecule has 1 aromatic heterocycles. The van der Waals surface area contributed by atoms with Gasteiger partial charge in [0.1, 0.15) is 17.6 Å². The van der Waals surface area contributed by atoms with E-state index in [0.29, 0.717) is 11.5 Å². The van der Waals surface area contributed by atoms with Gasteiger partial charge in [0.05, 0.1) is 13.3 Å². The Balaban J connectivity index is 2.81. The van der Waals surface area contributed by atoms with Gasteiger partial charge in [-0.3, -0.25) is 0 Å². The minimum atomic E-state index is -0.422. The average molecular weight is 198 g/mol. The van der Waals surface area contributed by atoms with Gasteiger partial charge < -0.3 is 14.5 Å². The second-order valence-electron chi connectivity index (χ2n) is 2.81. The molecule has 1 heterocycles. The van der Waals surface area contributed by atoms with Crippen molar-refractivity contribution in [3.63, 3.8) is 0 Å². The van der Waals surface area contributed by atoms with Crippen molar-refractivity contribution in [1.82, 2.24) is 9.97 Å². The van der Waals surface area contributed by atoms with E-state index in [2.05, 4.69) is 14.7 Å². The number of esters is 1. The van der Waals surface area contributed by atoms with Crippen molar-refractivity contribution in [3.05, 3.63) is 17.7 Å². The van der Waals surface area contributed by atoms with Crippen molar-refractivity contribution >= 4 is 5.97 Å². The summed E-state index contributed by atoms with van der Waals surface area (Å²) in [6.07, 6.45) is 2.14. The topological polar surface area (TPSA) is 64.2 Å². The lowest BCUT2D eigenvalue weighted by Crippen LogP contribution is -2.04. The van der Waals surface area contributed by atoms with E-state index in [1.54, 1.807) is 7.11 Å². The zero-order valence-electron chi connectivity index (χ0n) is 8.53. The van der Waals surface area contributed by atoms with E-state index < -0.39 is 5.97 Å². The van der Waals surface area contributed by atoms with Gasteiger partial charge in [-0.05, 0) is 6.42 Å². The Labute approximate surface area is 82.4 Å². The predicted octanol–water partition coefficient (Wildman–Crippen LogP) is 1.29. The smallest absolute Gasteiger partial charge is 0.356 e. The molecule has 0 fully saturated rings. The fourth-order valence-corrected chi connectivity index (χ4v) is 1.19. The third-order valence-corrected chi connectivity index (χ3v) is 1.96. The number of hydrogen-bond donors (Lipinski definition) is 1. The highest BCUT2D eigenvalue weighted by Gasteiger charge is 2.15. The number of aromatic amines is 1. The molecule has 0 bridgehead atoms. The van der Waals surface area contributed by atoms with Crippen LogP contribution in [0.15, 0.2) is 6.20 Å². The van der Waals surface area contributed by atoms with E-state index >= 15 is 0 Å². The monoisotopic (exact) mass is 198 g/mol. The molecule has 1 N–H and O–H groups in total. The highest BCUT2D eigenvalue weighted by atomic mass is 16.5. The molecule has 0 aliphatic carbocycles. The summed E-state index contributed by atoms with van der Waals surface area (Å²) < 4.78 is 9.71. The first-order valence-electron chi connectivity index (χ1n) is 4.38. The highest BCUT2D eigenvalue weighted by Crippen LogP contribution is 2.16. The van der Waals surface area contributed by atoms with Crippen molar-refractivity contribution in [2.24, 2.45) is 0 Å². The third kappa shape index (κ3) is 2.11. The van der Waals surface area contributed by atoms with Gasteiger partial charge in [0.15, 0.2) is 0 Å². The Morgan fingerprint density at radius 1 is 1.64 bits per heavy atom. The molecule has 1 rings (SSSR count). The van der Waals surface area contributed by atoms with Gasteiger partial charge >= 0.3 is 5.97 Å². The number of rotatable bonds is 4. The summed E-state index contributed by atoms with van der Waals surface area (Å²) in [7, 11) is 2.94. The molecular formula is C9H14N2O3. The lowest BCUT2D eigenvalue weighted by atomic mass is 10.3. The van der Waals surface area contributed by atoms with Crippen molar-refractivity contribution in [3.8, 4) is 0 Å². The standard InChI is InChI=1S/C9H14N2O3/c1-4-7(13-2)8-10-5-6(11-8)9(12)14-3/h5,7H,4H2,1-3H3,(H,10,11). The number of H-pyrrole nitrogens is 1. The first kappa shape index (κ1) is 10.7.